The average Bonchev–Trinajstić information content (AvgIpc) is 2.62. The number of hydrogen-bond donors (Lipinski definition) is 2. The Bertz CT molecular complexity index is 756. The fourth-order valence-corrected chi connectivity index (χ4v) is 2.76. The van der Waals surface area contributed by atoms with Gasteiger partial charge in [0.25, 0.3) is 0 Å². The molecule has 2 aromatic carbocycles. The molecule has 0 fully saturated rings. The summed E-state index contributed by atoms with van der Waals surface area (Å²) in [6.07, 6.45) is 0.450. The van der Waals surface area contributed by atoms with Gasteiger partial charge < -0.3 is 15.4 Å². The molecule has 26 heavy (non-hydrogen) atoms. The predicted octanol–water partition coefficient (Wildman–Crippen LogP) is 3.51. The minimum absolute atomic E-state index is 0.196. The van der Waals surface area contributed by atoms with Crippen LogP contribution in [0, 0.1) is 0 Å². The number of methoxy groups -OCH3 is 1. The summed E-state index contributed by atoms with van der Waals surface area (Å²) < 4.78 is 5.29. The van der Waals surface area contributed by atoms with Crippen LogP contribution in [-0.2, 0) is 16.0 Å². The molecule has 0 radical (unpaired) electrons. The Kier molecular flexibility index (Phi) is 7.21. The monoisotopic (exact) mass is 354 g/mol. The number of carbonyl (C=O) groups is 2. The second kappa shape index (κ2) is 9.61. The minimum Gasteiger partial charge on any atom is -0.496 e. The summed E-state index contributed by atoms with van der Waals surface area (Å²) >= 11 is 0. The summed E-state index contributed by atoms with van der Waals surface area (Å²) in [6.45, 7) is 4.58. The Balaban J connectivity index is 1.82. The predicted molar refractivity (Wildman–Crippen MR) is 103 cm³/mol. The summed E-state index contributed by atoms with van der Waals surface area (Å²) in [5, 5.41) is 5.61. The van der Waals surface area contributed by atoms with Gasteiger partial charge in [-0.05, 0) is 35.6 Å². The Morgan fingerprint density at radius 3 is 2.42 bits per heavy atom. The van der Waals surface area contributed by atoms with Crippen LogP contribution in [0.3, 0.4) is 0 Å². The van der Waals surface area contributed by atoms with E-state index in [1.165, 1.54) is 0 Å². The minimum atomic E-state index is -0.312. The van der Waals surface area contributed by atoms with E-state index in [9.17, 15) is 9.59 Å². The molecule has 0 spiro atoms. The van der Waals surface area contributed by atoms with Crippen molar-refractivity contribution in [2.24, 2.45) is 0 Å². The second-order valence-electron chi connectivity index (χ2n) is 6.38. The van der Waals surface area contributed by atoms with Gasteiger partial charge in [0.05, 0.1) is 7.11 Å². The van der Waals surface area contributed by atoms with Gasteiger partial charge in [-0.3, -0.25) is 9.59 Å². The van der Waals surface area contributed by atoms with E-state index in [1.807, 2.05) is 48.5 Å². The van der Waals surface area contributed by atoms with E-state index in [0.29, 0.717) is 18.9 Å². The summed E-state index contributed by atoms with van der Waals surface area (Å²) in [5.74, 6) is 0.485. The van der Waals surface area contributed by atoms with Gasteiger partial charge in [0, 0.05) is 12.2 Å². The van der Waals surface area contributed by atoms with Crippen LogP contribution in [-0.4, -0.2) is 25.5 Å². The zero-order valence-electron chi connectivity index (χ0n) is 15.5. The molecule has 0 aromatic heterocycles. The third-order valence-corrected chi connectivity index (χ3v) is 4.09. The van der Waals surface area contributed by atoms with E-state index < -0.39 is 0 Å². The van der Waals surface area contributed by atoms with E-state index in [4.69, 9.17) is 4.74 Å². The van der Waals surface area contributed by atoms with Crippen molar-refractivity contribution in [2.75, 3.05) is 19.0 Å². The molecule has 138 valence electrons. The fourth-order valence-electron chi connectivity index (χ4n) is 2.76. The van der Waals surface area contributed by atoms with Gasteiger partial charge in [-0.2, -0.15) is 0 Å². The van der Waals surface area contributed by atoms with Crippen LogP contribution < -0.4 is 15.4 Å². The third-order valence-electron chi connectivity index (χ3n) is 4.09. The second-order valence-corrected chi connectivity index (χ2v) is 6.38. The Morgan fingerprint density at radius 2 is 1.69 bits per heavy atom. The van der Waals surface area contributed by atoms with Crippen molar-refractivity contribution in [3.05, 3.63) is 59.7 Å². The van der Waals surface area contributed by atoms with Crippen molar-refractivity contribution in [2.45, 2.75) is 32.6 Å². The zero-order valence-corrected chi connectivity index (χ0v) is 15.5. The number of amides is 2. The Labute approximate surface area is 154 Å². The maximum absolute atomic E-state index is 12.1. The summed E-state index contributed by atoms with van der Waals surface area (Å²) in [7, 11) is 1.62. The third kappa shape index (κ3) is 5.62. The topological polar surface area (TPSA) is 67.4 Å². The fraction of sp³-hybridized carbons (Fsp3) is 0.333. The number of rotatable bonds is 8. The number of nitrogens with one attached hydrogen (secondary N) is 2. The molecule has 0 bridgehead atoms. The first-order valence-electron chi connectivity index (χ1n) is 8.78. The molecular weight excluding hydrogens is 328 g/mol. The lowest BCUT2D eigenvalue weighted by atomic mass is 10.0. The molecule has 0 aliphatic carbocycles. The van der Waals surface area contributed by atoms with Crippen LogP contribution >= 0.6 is 0 Å². The summed E-state index contributed by atoms with van der Waals surface area (Å²) in [6, 6.07) is 15.3. The van der Waals surface area contributed by atoms with Crippen molar-refractivity contribution in [3.8, 4) is 5.75 Å². The number of anilines is 1. The highest BCUT2D eigenvalue weighted by atomic mass is 16.5. The Hall–Kier alpha value is -2.82. The Morgan fingerprint density at radius 1 is 1.00 bits per heavy atom. The van der Waals surface area contributed by atoms with Crippen LogP contribution in [0.1, 0.15) is 37.3 Å². The van der Waals surface area contributed by atoms with Crippen molar-refractivity contribution in [1.29, 1.82) is 0 Å². The van der Waals surface area contributed by atoms with Crippen LogP contribution in [0.15, 0.2) is 48.5 Å². The van der Waals surface area contributed by atoms with Crippen molar-refractivity contribution >= 4 is 17.5 Å². The number of para-hydroxylation sites is 2. The lowest BCUT2D eigenvalue weighted by Gasteiger charge is -2.13. The van der Waals surface area contributed by atoms with E-state index in [1.54, 1.807) is 7.11 Å². The van der Waals surface area contributed by atoms with Gasteiger partial charge in [0.1, 0.15) is 12.2 Å². The normalized spacial score (nSPS) is 10.5. The van der Waals surface area contributed by atoms with E-state index in [2.05, 4.69) is 24.5 Å². The SMILES string of the molecule is COc1ccccc1CCNC(=O)CC(=O)Nc1ccccc1C(C)C. The molecule has 2 rings (SSSR count). The first-order valence-corrected chi connectivity index (χ1v) is 8.78. The molecule has 0 unspecified atom stereocenters. The van der Waals surface area contributed by atoms with Crippen LogP contribution in [0.5, 0.6) is 5.75 Å². The van der Waals surface area contributed by atoms with Crippen LogP contribution in [0.2, 0.25) is 0 Å². The van der Waals surface area contributed by atoms with Crippen molar-refractivity contribution < 1.29 is 14.3 Å². The molecule has 2 N–H and O–H groups in total. The molecule has 0 saturated carbocycles. The lowest BCUT2D eigenvalue weighted by Crippen LogP contribution is -2.30. The first-order chi connectivity index (χ1) is 12.5. The van der Waals surface area contributed by atoms with Crippen LogP contribution in [0.25, 0.3) is 0 Å². The van der Waals surface area contributed by atoms with Gasteiger partial charge in [0.2, 0.25) is 11.8 Å². The first kappa shape index (κ1) is 19.5. The number of carbonyl (C=O) groups excluding carboxylic acids is 2. The van der Waals surface area contributed by atoms with E-state index >= 15 is 0 Å². The van der Waals surface area contributed by atoms with Gasteiger partial charge in [-0.1, -0.05) is 50.2 Å². The van der Waals surface area contributed by atoms with Gasteiger partial charge in [-0.25, -0.2) is 0 Å². The average molecular weight is 354 g/mol. The molecule has 5 heteroatoms. The van der Waals surface area contributed by atoms with Gasteiger partial charge in [0.15, 0.2) is 0 Å². The number of hydrogen-bond acceptors (Lipinski definition) is 3. The van der Waals surface area contributed by atoms with Gasteiger partial charge >= 0.3 is 0 Å². The largest absolute Gasteiger partial charge is 0.496 e. The standard InChI is InChI=1S/C21H26N2O3/c1-15(2)17-9-5-6-10-18(17)23-21(25)14-20(24)22-13-12-16-8-4-7-11-19(16)26-3/h4-11,15H,12-14H2,1-3H3,(H,22,24)(H,23,25). The van der Waals surface area contributed by atoms with Crippen molar-refractivity contribution in [3.63, 3.8) is 0 Å². The maximum atomic E-state index is 12.1. The number of benzene rings is 2. The smallest absolute Gasteiger partial charge is 0.233 e. The molecule has 0 aliphatic heterocycles. The quantitative estimate of drug-likeness (QED) is 0.713. The summed E-state index contributed by atoms with van der Waals surface area (Å²) in [4.78, 5) is 24.1. The molecule has 0 aliphatic rings. The van der Waals surface area contributed by atoms with E-state index in [0.717, 1.165) is 22.6 Å². The molecule has 0 atom stereocenters. The molecule has 2 amide bonds. The van der Waals surface area contributed by atoms with Crippen LogP contribution in [0.4, 0.5) is 5.69 Å². The number of ether oxygens (including phenoxy) is 1. The molecule has 5 nitrogen and oxygen atoms in total. The highest BCUT2D eigenvalue weighted by molar-refractivity contribution is 6.03. The molecule has 0 heterocycles. The zero-order chi connectivity index (χ0) is 18.9. The molecular formula is C21H26N2O3. The highest BCUT2D eigenvalue weighted by Crippen LogP contribution is 2.23. The molecule has 0 saturated heterocycles. The molecule has 2 aromatic rings. The van der Waals surface area contributed by atoms with E-state index in [-0.39, 0.29) is 18.2 Å². The highest BCUT2D eigenvalue weighted by Gasteiger charge is 2.12. The van der Waals surface area contributed by atoms with Gasteiger partial charge in [-0.15, -0.1) is 0 Å². The maximum Gasteiger partial charge on any atom is 0.233 e. The lowest BCUT2D eigenvalue weighted by molar-refractivity contribution is -0.126. The van der Waals surface area contributed by atoms with Crippen molar-refractivity contribution in [1.82, 2.24) is 5.32 Å². The summed E-state index contributed by atoms with van der Waals surface area (Å²) in [5.41, 5.74) is 2.83.